The van der Waals surface area contributed by atoms with Crippen LogP contribution in [0.2, 0.25) is 0 Å². The van der Waals surface area contributed by atoms with Crippen LogP contribution >= 0.6 is 0 Å². The number of hydrogen-bond donors (Lipinski definition) is 3. The van der Waals surface area contributed by atoms with Crippen LogP contribution in [0, 0.1) is 5.39 Å². The Bertz CT molecular complexity index is 231. The maximum atomic E-state index is 10.2. The highest BCUT2D eigenvalue weighted by molar-refractivity contribution is 5.72. The van der Waals surface area contributed by atoms with Gasteiger partial charge in [0.25, 0.3) is 0 Å². The van der Waals surface area contributed by atoms with Gasteiger partial charge in [-0.05, 0) is 6.42 Å². The number of aliphatic hydroxyl groups is 1. The smallest absolute Gasteiger partial charge is 0.387 e. The van der Waals surface area contributed by atoms with Crippen molar-refractivity contribution in [2.24, 2.45) is 5.73 Å². The van der Waals surface area contributed by atoms with E-state index >= 15 is 0 Å². The van der Waals surface area contributed by atoms with Crippen molar-refractivity contribution in [2.75, 3.05) is 0 Å². The summed E-state index contributed by atoms with van der Waals surface area (Å²) in [6, 6.07) is -1.00. The molecule has 0 saturated heterocycles. The number of rotatable bonds is 4. The van der Waals surface area contributed by atoms with Crippen LogP contribution in [0.5, 0.6) is 0 Å². The van der Waals surface area contributed by atoms with Gasteiger partial charge in [-0.1, -0.05) is 0 Å². The molecule has 0 rings (SSSR count). The van der Waals surface area contributed by atoms with E-state index < -0.39 is 12.0 Å². The van der Waals surface area contributed by atoms with E-state index in [4.69, 9.17) is 21.3 Å². The second-order valence-corrected chi connectivity index (χ2v) is 2.22. The lowest BCUT2D eigenvalue weighted by Crippen LogP contribution is -2.29. The molecule has 12 heavy (non-hydrogen) atoms. The SMILES string of the molecule is N#[N+]/C=C(\O)CCC(N)C(=O)O. The molecule has 1 atom stereocenters. The molecule has 0 aromatic heterocycles. The predicted molar refractivity (Wildman–Crippen MR) is 40.6 cm³/mol. The quantitative estimate of drug-likeness (QED) is 0.420. The second-order valence-electron chi connectivity index (χ2n) is 2.22. The molecule has 0 heterocycles. The molecular weight excluding hydrogens is 162 g/mol. The fraction of sp³-hybridized carbons (Fsp3) is 0.500. The van der Waals surface area contributed by atoms with Crippen LogP contribution < -0.4 is 5.73 Å². The van der Waals surface area contributed by atoms with Crippen molar-refractivity contribution in [2.45, 2.75) is 18.9 Å². The number of carboxylic acids is 1. The standard InChI is InChI=1S/C6H9N3O3/c7-5(6(11)12)2-1-4(10)3-9-8/h3,5H,1-2,7H2,(H-,10,11,12)/p+1/b4-3-. The first-order valence-corrected chi connectivity index (χ1v) is 3.28. The molecule has 6 nitrogen and oxygen atoms in total. The van der Waals surface area contributed by atoms with Gasteiger partial charge in [-0.25, -0.2) is 0 Å². The van der Waals surface area contributed by atoms with Gasteiger partial charge in [0, 0.05) is 6.42 Å². The summed E-state index contributed by atoms with van der Waals surface area (Å²) in [7, 11) is 0. The third-order valence-electron chi connectivity index (χ3n) is 1.24. The molecule has 66 valence electrons. The van der Waals surface area contributed by atoms with Gasteiger partial charge in [-0.3, -0.25) is 4.79 Å². The van der Waals surface area contributed by atoms with E-state index in [1.807, 2.05) is 0 Å². The van der Waals surface area contributed by atoms with Gasteiger partial charge >= 0.3 is 12.2 Å². The first-order valence-electron chi connectivity index (χ1n) is 3.28. The summed E-state index contributed by atoms with van der Waals surface area (Å²) in [4.78, 5) is 12.7. The lowest BCUT2D eigenvalue weighted by Gasteiger charge is -2.02. The molecular formula is C6H10N3O3+. The summed E-state index contributed by atoms with van der Waals surface area (Å²) >= 11 is 0. The summed E-state index contributed by atoms with van der Waals surface area (Å²) in [5.41, 5.74) is 5.13. The van der Waals surface area contributed by atoms with Crippen molar-refractivity contribution in [1.29, 1.82) is 5.39 Å². The average Bonchev–Trinajstić information content (AvgIpc) is 2.00. The summed E-state index contributed by atoms with van der Waals surface area (Å²) in [5.74, 6) is -1.32. The highest BCUT2D eigenvalue weighted by Crippen LogP contribution is 2.03. The van der Waals surface area contributed by atoms with E-state index in [1.54, 1.807) is 0 Å². The number of nitrogens with zero attached hydrogens (tertiary/aromatic N) is 2. The summed E-state index contributed by atoms with van der Waals surface area (Å²) in [6.07, 6.45) is 1.01. The monoisotopic (exact) mass is 172 g/mol. The molecule has 4 N–H and O–H groups in total. The molecule has 0 aromatic carbocycles. The van der Waals surface area contributed by atoms with E-state index in [9.17, 15) is 4.79 Å². The molecule has 0 aliphatic rings. The highest BCUT2D eigenvalue weighted by atomic mass is 16.4. The number of carbonyl (C=O) groups is 1. The Balaban J connectivity index is 3.78. The Labute approximate surface area is 68.9 Å². The van der Waals surface area contributed by atoms with Crippen LogP contribution in [0.25, 0.3) is 4.98 Å². The molecule has 0 aliphatic heterocycles. The van der Waals surface area contributed by atoms with Crippen LogP contribution in [0.4, 0.5) is 0 Å². The van der Waals surface area contributed by atoms with Crippen molar-refractivity contribution < 1.29 is 15.0 Å². The summed E-state index contributed by atoms with van der Waals surface area (Å²) in [6.45, 7) is 0. The molecule has 0 saturated carbocycles. The Morgan fingerprint density at radius 3 is 2.67 bits per heavy atom. The van der Waals surface area contributed by atoms with Crippen LogP contribution in [-0.4, -0.2) is 22.2 Å². The molecule has 0 spiro atoms. The Morgan fingerprint density at radius 2 is 2.25 bits per heavy atom. The zero-order chi connectivity index (χ0) is 9.56. The second kappa shape index (κ2) is 5.09. The van der Waals surface area contributed by atoms with Gasteiger partial charge in [0.05, 0.1) is 0 Å². The van der Waals surface area contributed by atoms with Gasteiger partial charge < -0.3 is 15.9 Å². The van der Waals surface area contributed by atoms with Crippen LogP contribution in [0.1, 0.15) is 12.8 Å². The summed E-state index contributed by atoms with van der Waals surface area (Å²) in [5, 5.41) is 25.1. The predicted octanol–water partition coefficient (Wildman–Crippen LogP) is 0.431. The van der Waals surface area contributed by atoms with Crippen molar-refractivity contribution in [3.05, 3.63) is 16.9 Å². The minimum atomic E-state index is -1.12. The number of allylic oxidation sites excluding steroid dienone is 1. The maximum absolute atomic E-state index is 10.2. The molecule has 0 aliphatic carbocycles. The first-order chi connectivity index (χ1) is 5.57. The zero-order valence-electron chi connectivity index (χ0n) is 6.34. The molecule has 0 bridgehead atoms. The maximum Gasteiger partial charge on any atom is 0.387 e. The Hall–Kier alpha value is -1.61. The van der Waals surface area contributed by atoms with Gasteiger partial charge in [-0.15, -0.1) is 0 Å². The number of aliphatic hydroxyl groups excluding tert-OH is 1. The number of carboxylic acid groups (broad SMARTS) is 1. The fourth-order valence-corrected chi connectivity index (χ4v) is 0.558. The lowest BCUT2D eigenvalue weighted by molar-refractivity contribution is -0.138. The molecule has 0 radical (unpaired) electrons. The minimum absolute atomic E-state index is 0.0809. The van der Waals surface area contributed by atoms with E-state index in [-0.39, 0.29) is 18.6 Å². The normalized spacial score (nSPS) is 13.5. The van der Waals surface area contributed by atoms with Crippen molar-refractivity contribution >= 4 is 5.97 Å². The largest absolute Gasteiger partial charge is 0.505 e. The Morgan fingerprint density at radius 1 is 1.67 bits per heavy atom. The van der Waals surface area contributed by atoms with Crippen molar-refractivity contribution in [1.82, 2.24) is 0 Å². The van der Waals surface area contributed by atoms with Gasteiger partial charge in [0.15, 0.2) is 10.7 Å². The third kappa shape index (κ3) is 4.24. The van der Waals surface area contributed by atoms with E-state index in [0.717, 1.165) is 6.20 Å². The number of nitrogens with two attached hydrogens (primary N) is 1. The lowest BCUT2D eigenvalue weighted by atomic mass is 10.1. The Kier molecular flexibility index (Phi) is 4.41. The topological polar surface area (TPSA) is 112 Å². The van der Waals surface area contributed by atoms with Crippen LogP contribution in [-0.2, 0) is 4.79 Å². The number of diazo groups is 1. The average molecular weight is 172 g/mol. The highest BCUT2D eigenvalue weighted by Gasteiger charge is 2.12. The van der Waals surface area contributed by atoms with E-state index in [2.05, 4.69) is 4.98 Å². The minimum Gasteiger partial charge on any atom is -0.505 e. The van der Waals surface area contributed by atoms with E-state index in [0.29, 0.717) is 0 Å². The van der Waals surface area contributed by atoms with Crippen molar-refractivity contribution in [3.63, 3.8) is 0 Å². The first kappa shape index (κ1) is 10.4. The third-order valence-corrected chi connectivity index (χ3v) is 1.24. The molecule has 1 unspecified atom stereocenters. The molecule has 6 heteroatoms. The zero-order valence-corrected chi connectivity index (χ0v) is 6.34. The molecule has 0 amide bonds. The van der Waals surface area contributed by atoms with Gasteiger partial charge in [0.2, 0.25) is 5.39 Å². The molecule has 0 aromatic rings. The van der Waals surface area contributed by atoms with Crippen molar-refractivity contribution in [3.8, 4) is 0 Å². The number of aliphatic carboxylic acids is 1. The molecule has 0 fully saturated rings. The van der Waals surface area contributed by atoms with Gasteiger partial charge in [0.1, 0.15) is 6.04 Å². The van der Waals surface area contributed by atoms with Crippen LogP contribution in [0.15, 0.2) is 12.0 Å². The number of hydrogen-bond acceptors (Lipinski definition) is 4. The van der Waals surface area contributed by atoms with Crippen LogP contribution in [0.3, 0.4) is 0 Å². The van der Waals surface area contributed by atoms with E-state index in [1.165, 1.54) is 0 Å². The summed E-state index contributed by atoms with van der Waals surface area (Å²) < 4.78 is 0. The fourth-order valence-electron chi connectivity index (χ4n) is 0.558. The van der Waals surface area contributed by atoms with Gasteiger partial charge in [-0.2, -0.15) is 0 Å².